The van der Waals surface area contributed by atoms with E-state index in [9.17, 15) is 0 Å². The Morgan fingerprint density at radius 2 is 2.07 bits per heavy atom. The molecule has 0 bridgehead atoms. The zero-order valence-electron chi connectivity index (χ0n) is 9.26. The van der Waals surface area contributed by atoms with Crippen LogP contribution in [0.5, 0.6) is 5.75 Å². The van der Waals surface area contributed by atoms with Gasteiger partial charge in [-0.05, 0) is 36.8 Å². The molecule has 0 atom stereocenters. The molecule has 1 nitrogen and oxygen atoms in total. The highest BCUT2D eigenvalue weighted by molar-refractivity contribution is 5.37. The molecule has 1 heteroatoms. The smallest absolute Gasteiger partial charge is 0.122 e. The number of fused-ring (bicyclic) bond motifs is 1. The fourth-order valence-electron chi connectivity index (χ4n) is 1.86. The average molecular weight is 190 g/mol. The molecule has 76 valence electrons. The van der Waals surface area contributed by atoms with Crippen LogP contribution in [0.1, 0.15) is 31.4 Å². The van der Waals surface area contributed by atoms with Crippen molar-refractivity contribution in [1.29, 1.82) is 0 Å². The molecule has 0 fully saturated rings. The Labute approximate surface area is 86.1 Å². The van der Waals surface area contributed by atoms with Crippen molar-refractivity contribution in [2.45, 2.75) is 33.6 Å². The molecule has 2 rings (SSSR count). The lowest BCUT2D eigenvalue weighted by Gasteiger charge is -2.20. The third-order valence-electron chi connectivity index (χ3n) is 2.91. The van der Waals surface area contributed by atoms with Crippen molar-refractivity contribution in [3.63, 3.8) is 0 Å². The molecule has 1 aliphatic heterocycles. The number of hydrogen-bond donors (Lipinski definition) is 0. The molecule has 0 spiro atoms. The van der Waals surface area contributed by atoms with Crippen LogP contribution in [-0.2, 0) is 6.42 Å². The minimum atomic E-state index is 0.312. The van der Waals surface area contributed by atoms with Gasteiger partial charge < -0.3 is 4.74 Å². The first kappa shape index (κ1) is 9.57. The monoisotopic (exact) mass is 190 g/mol. The van der Waals surface area contributed by atoms with Crippen LogP contribution in [0, 0.1) is 12.3 Å². The Bertz CT molecular complexity index is 339. The maximum absolute atomic E-state index is 5.82. The van der Waals surface area contributed by atoms with Crippen LogP contribution in [0.25, 0.3) is 0 Å². The Morgan fingerprint density at radius 3 is 2.86 bits per heavy atom. The fraction of sp³-hybridized carbons (Fsp3) is 0.538. The fourth-order valence-corrected chi connectivity index (χ4v) is 1.86. The van der Waals surface area contributed by atoms with Gasteiger partial charge in [0, 0.05) is 0 Å². The van der Waals surface area contributed by atoms with Gasteiger partial charge in [0.05, 0.1) is 6.61 Å². The summed E-state index contributed by atoms with van der Waals surface area (Å²) in [5.41, 5.74) is 3.01. The summed E-state index contributed by atoms with van der Waals surface area (Å²) in [5, 5.41) is 0. The van der Waals surface area contributed by atoms with Crippen LogP contribution in [0.4, 0.5) is 0 Å². The van der Waals surface area contributed by atoms with Crippen LogP contribution >= 0.6 is 0 Å². The molecule has 1 aromatic carbocycles. The highest BCUT2D eigenvalue weighted by Gasteiger charge is 2.23. The summed E-state index contributed by atoms with van der Waals surface area (Å²) in [6.45, 7) is 7.51. The van der Waals surface area contributed by atoms with Gasteiger partial charge in [0.1, 0.15) is 5.75 Å². The molecule has 0 saturated heterocycles. The second-order valence-electron chi connectivity index (χ2n) is 5.06. The molecule has 1 aliphatic rings. The van der Waals surface area contributed by atoms with Crippen LogP contribution in [0.3, 0.4) is 0 Å². The first-order chi connectivity index (χ1) is 6.57. The van der Waals surface area contributed by atoms with Gasteiger partial charge >= 0.3 is 0 Å². The highest BCUT2D eigenvalue weighted by atomic mass is 16.5. The van der Waals surface area contributed by atoms with Crippen molar-refractivity contribution in [1.82, 2.24) is 0 Å². The summed E-state index contributed by atoms with van der Waals surface area (Å²) in [5.74, 6) is 1.08. The summed E-state index contributed by atoms with van der Waals surface area (Å²) in [4.78, 5) is 0. The molecule has 0 N–H and O–H groups in total. The minimum absolute atomic E-state index is 0.312. The number of hydrogen-bond acceptors (Lipinski definition) is 1. The largest absolute Gasteiger partial charge is 0.493 e. The van der Waals surface area contributed by atoms with Gasteiger partial charge in [-0.3, -0.25) is 0 Å². The molecule has 1 heterocycles. The van der Waals surface area contributed by atoms with Gasteiger partial charge in [0.15, 0.2) is 0 Å². The molecule has 0 unspecified atom stereocenters. The third kappa shape index (κ3) is 1.92. The third-order valence-corrected chi connectivity index (χ3v) is 2.91. The van der Waals surface area contributed by atoms with Gasteiger partial charge in [0.25, 0.3) is 0 Å². The Kier molecular flexibility index (Phi) is 2.26. The first-order valence-corrected chi connectivity index (χ1v) is 5.29. The average Bonchev–Trinajstić information content (AvgIpc) is 2.26. The number of ether oxygens (including phenoxy) is 1. The lowest BCUT2D eigenvalue weighted by Crippen LogP contribution is -2.19. The van der Waals surface area contributed by atoms with Crippen LogP contribution in [0.2, 0.25) is 0 Å². The van der Waals surface area contributed by atoms with Crippen LogP contribution in [0.15, 0.2) is 18.2 Å². The summed E-state index contributed by atoms with van der Waals surface area (Å²) < 4.78 is 5.82. The summed E-state index contributed by atoms with van der Waals surface area (Å²) in [6.07, 6.45) is 2.35. The van der Waals surface area contributed by atoms with E-state index in [0.29, 0.717) is 5.41 Å². The molecule has 0 radical (unpaired) electrons. The van der Waals surface area contributed by atoms with Crippen molar-refractivity contribution in [3.8, 4) is 5.75 Å². The van der Waals surface area contributed by atoms with E-state index in [2.05, 4.69) is 39.0 Å². The van der Waals surface area contributed by atoms with E-state index >= 15 is 0 Å². The zero-order chi connectivity index (χ0) is 10.2. The van der Waals surface area contributed by atoms with E-state index in [0.717, 1.165) is 18.8 Å². The van der Waals surface area contributed by atoms with E-state index in [1.807, 2.05) is 0 Å². The predicted molar refractivity (Wildman–Crippen MR) is 58.8 cm³/mol. The van der Waals surface area contributed by atoms with Crippen molar-refractivity contribution >= 4 is 0 Å². The quantitative estimate of drug-likeness (QED) is 0.609. The molecule has 14 heavy (non-hydrogen) atoms. The maximum Gasteiger partial charge on any atom is 0.122 e. The summed E-state index contributed by atoms with van der Waals surface area (Å²) >= 11 is 0. The van der Waals surface area contributed by atoms with E-state index in [-0.39, 0.29) is 0 Å². The minimum Gasteiger partial charge on any atom is -0.493 e. The lowest BCUT2D eigenvalue weighted by atomic mass is 9.88. The van der Waals surface area contributed by atoms with E-state index in [1.54, 1.807) is 0 Å². The first-order valence-electron chi connectivity index (χ1n) is 5.29. The van der Waals surface area contributed by atoms with Gasteiger partial charge in [-0.25, -0.2) is 0 Å². The molecular weight excluding hydrogens is 172 g/mol. The Hall–Kier alpha value is -0.980. The van der Waals surface area contributed by atoms with Gasteiger partial charge in [-0.1, -0.05) is 31.5 Å². The summed E-state index contributed by atoms with van der Waals surface area (Å²) in [6, 6.07) is 6.47. The highest BCUT2D eigenvalue weighted by Crippen LogP contribution is 2.32. The normalized spacial score (nSPS) is 19.4. The second kappa shape index (κ2) is 3.30. The van der Waals surface area contributed by atoms with Crippen LogP contribution in [-0.4, -0.2) is 6.61 Å². The molecule has 0 aromatic heterocycles. The number of rotatable bonds is 0. The molecule has 0 saturated carbocycles. The van der Waals surface area contributed by atoms with E-state index in [4.69, 9.17) is 4.74 Å². The summed E-state index contributed by atoms with van der Waals surface area (Å²) in [7, 11) is 0. The zero-order valence-corrected chi connectivity index (χ0v) is 9.26. The molecular formula is C13H18O. The van der Waals surface area contributed by atoms with E-state index < -0.39 is 0 Å². The van der Waals surface area contributed by atoms with Crippen molar-refractivity contribution in [2.75, 3.05) is 6.61 Å². The second-order valence-corrected chi connectivity index (χ2v) is 5.06. The van der Waals surface area contributed by atoms with Crippen molar-refractivity contribution < 1.29 is 4.74 Å². The van der Waals surface area contributed by atoms with Gasteiger partial charge in [-0.2, -0.15) is 0 Å². The number of aryl methyl sites for hydroxylation is 2. The van der Waals surface area contributed by atoms with E-state index in [1.165, 1.54) is 17.5 Å². The van der Waals surface area contributed by atoms with Crippen molar-refractivity contribution in [2.24, 2.45) is 5.41 Å². The Balaban J connectivity index is 2.30. The predicted octanol–water partition coefficient (Wildman–Crippen LogP) is 3.35. The maximum atomic E-state index is 5.82. The topological polar surface area (TPSA) is 9.23 Å². The Morgan fingerprint density at radius 1 is 1.29 bits per heavy atom. The lowest BCUT2D eigenvalue weighted by molar-refractivity contribution is 0.182. The molecule has 1 aromatic rings. The van der Waals surface area contributed by atoms with Crippen LogP contribution < -0.4 is 4.74 Å². The SMILES string of the molecule is Cc1ccc2c(c1)CCC(C)(C)CO2. The standard InChI is InChI=1S/C13H18O/c1-10-4-5-12-11(8-10)6-7-13(2,3)9-14-12/h4-5,8H,6-7,9H2,1-3H3. The molecule has 0 amide bonds. The number of benzene rings is 1. The molecule has 0 aliphatic carbocycles. The van der Waals surface area contributed by atoms with Gasteiger partial charge in [-0.15, -0.1) is 0 Å². The van der Waals surface area contributed by atoms with Crippen molar-refractivity contribution in [3.05, 3.63) is 29.3 Å². The van der Waals surface area contributed by atoms with Gasteiger partial charge in [0.2, 0.25) is 0 Å².